The molecule has 2 aliphatic rings. The molecule has 2 N–H and O–H groups in total. The van der Waals surface area contributed by atoms with Crippen LogP contribution in [-0.4, -0.2) is 62.7 Å². The smallest absolute Gasteiger partial charge is 0.243 e. The SMILES string of the molecule is CCC1CCCC(NC(=NCC(=O)N(C)C)NC2CCOCC2)C1. The number of guanidine groups is 1. The molecule has 24 heavy (non-hydrogen) atoms. The largest absolute Gasteiger partial charge is 0.381 e. The molecule has 0 aromatic heterocycles. The summed E-state index contributed by atoms with van der Waals surface area (Å²) in [6.07, 6.45) is 8.23. The molecule has 2 rings (SSSR count). The number of nitrogens with zero attached hydrogens (tertiary/aromatic N) is 2. The topological polar surface area (TPSA) is 66.0 Å². The number of carbonyl (C=O) groups excluding carboxylic acids is 1. The van der Waals surface area contributed by atoms with E-state index in [9.17, 15) is 4.79 Å². The summed E-state index contributed by atoms with van der Waals surface area (Å²) in [4.78, 5) is 18.0. The molecule has 1 heterocycles. The Morgan fingerprint density at radius 1 is 1.12 bits per heavy atom. The minimum Gasteiger partial charge on any atom is -0.381 e. The minimum absolute atomic E-state index is 0.0261. The van der Waals surface area contributed by atoms with Crippen LogP contribution in [0.3, 0.4) is 0 Å². The molecule has 0 radical (unpaired) electrons. The van der Waals surface area contributed by atoms with Gasteiger partial charge < -0.3 is 20.3 Å². The molecule has 1 aliphatic carbocycles. The van der Waals surface area contributed by atoms with Crippen LogP contribution in [0.1, 0.15) is 51.9 Å². The first-order valence-electron chi connectivity index (χ1n) is 9.44. The summed E-state index contributed by atoms with van der Waals surface area (Å²) in [6, 6.07) is 0.842. The predicted molar refractivity (Wildman–Crippen MR) is 97.1 cm³/mol. The molecule has 6 heteroatoms. The van der Waals surface area contributed by atoms with Gasteiger partial charge in [-0.3, -0.25) is 4.79 Å². The van der Waals surface area contributed by atoms with Crippen LogP contribution in [0.15, 0.2) is 4.99 Å². The number of carbonyl (C=O) groups is 1. The Labute approximate surface area is 146 Å². The Hall–Kier alpha value is -1.30. The zero-order valence-electron chi connectivity index (χ0n) is 15.5. The van der Waals surface area contributed by atoms with Gasteiger partial charge in [-0.2, -0.15) is 0 Å². The number of nitrogens with one attached hydrogen (secondary N) is 2. The fraction of sp³-hybridized carbons (Fsp3) is 0.889. The maximum absolute atomic E-state index is 11.9. The monoisotopic (exact) mass is 338 g/mol. The Kier molecular flexibility index (Phi) is 7.82. The Morgan fingerprint density at radius 2 is 1.83 bits per heavy atom. The Morgan fingerprint density at radius 3 is 2.50 bits per heavy atom. The van der Waals surface area contributed by atoms with Crippen LogP contribution in [0.4, 0.5) is 0 Å². The second kappa shape index (κ2) is 9.87. The fourth-order valence-corrected chi connectivity index (χ4v) is 3.44. The number of hydrogen-bond acceptors (Lipinski definition) is 3. The molecule has 2 atom stereocenters. The summed E-state index contributed by atoms with van der Waals surface area (Å²) >= 11 is 0. The van der Waals surface area contributed by atoms with Crippen LogP contribution in [-0.2, 0) is 9.53 Å². The standard InChI is InChI=1S/C18H34N4O2/c1-4-14-6-5-7-16(12-14)21-18(19-13-17(23)22(2)3)20-15-8-10-24-11-9-15/h14-16H,4-13H2,1-3H3,(H2,19,20,21). The number of hydrogen-bond donors (Lipinski definition) is 2. The van der Waals surface area contributed by atoms with E-state index in [0.29, 0.717) is 12.1 Å². The van der Waals surface area contributed by atoms with Gasteiger partial charge in [0.15, 0.2) is 5.96 Å². The molecule has 0 spiro atoms. The lowest BCUT2D eigenvalue weighted by Crippen LogP contribution is -2.50. The highest BCUT2D eigenvalue weighted by molar-refractivity contribution is 5.85. The van der Waals surface area contributed by atoms with Crippen molar-refractivity contribution in [3.63, 3.8) is 0 Å². The number of aliphatic imine (C=N–C) groups is 1. The number of amides is 1. The normalized spacial score (nSPS) is 26.0. The third-order valence-corrected chi connectivity index (χ3v) is 5.13. The number of rotatable bonds is 5. The molecule has 1 amide bonds. The quantitative estimate of drug-likeness (QED) is 0.592. The first kappa shape index (κ1) is 19.0. The molecular formula is C18H34N4O2. The van der Waals surface area contributed by atoms with Gasteiger partial charge in [-0.15, -0.1) is 0 Å². The van der Waals surface area contributed by atoms with Crippen LogP contribution in [0.5, 0.6) is 0 Å². The number of likely N-dealkylation sites (N-methyl/N-ethyl adjacent to an activating group) is 1. The summed E-state index contributed by atoms with van der Waals surface area (Å²) in [7, 11) is 3.54. The summed E-state index contributed by atoms with van der Waals surface area (Å²) in [5.41, 5.74) is 0. The lowest BCUT2D eigenvalue weighted by atomic mass is 9.84. The van der Waals surface area contributed by atoms with Crippen LogP contribution in [0.2, 0.25) is 0 Å². The van der Waals surface area contributed by atoms with Crippen LogP contribution >= 0.6 is 0 Å². The van der Waals surface area contributed by atoms with E-state index >= 15 is 0 Å². The van der Waals surface area contributed by atoms with Crippen molar-refractivity contribution in [1.82, 2.24) is 15.5 Å². The lowest BCUT2D eigenvalue weighted by molar-refractivity contribution is -0.127. The van der Waals surface area contributed by atoms with Crippen molar-refractivity contribution in [3.05, 3.63) is 0 Å². The van der Waals surface area contributed by atoms with E-state index in [1.807, 2.05) is 0 Å². The van der Waals surface area contributed by atoms with Crippen molar-refractivity contribution in [2.45, 2.75) is 64.0 Å². The molecule has 0 aromatic rings. The average Bonchev–Trinajstić information content (AvgIpc) is 2.60. The van der Waals surface area contributed by atoms with E-state index in [0.717, 1.165) is 37.9 Å². The zero-order valence-corrected chi connectivity index (χ0v) is 15.5. The molecular weight excluding hydrogens is 304 g/mol. The van der Waals surface area contributed by atoms with Crippen molar-refractivity contribution >= 4 is 11.9 Å². The second-order valence-electron chi connectivity index (χ2n) is 7.27. The van der Waals surface area contributed by atoms with Crippen molar-refractivity contribution in [2.24, 2.45) is 10.9 Å². The molecule has 1 aliphatic heterocycles. The fourth-order valence-electron chi connectivity index (χ4n) is 3.44. The van der Waals surface area contributed by atoms with E-state index in [1.54, 1.807) is 19.0 Å². The highest BCUT2D eigenvalue weighted by atomic mass is 16.5. The van der Waals surface area contributed by atoms with Gasteiger partial charge in [-0.1, -0.05) is 26.2 Å². The van der Waals surface area contributed by atoms with Gasteiger partial charge in [0.1, 0.15) is 6.54 Å². The molecule has 0 aromatic carbocycles. The zero-order chi connectivity index (χ0) is 17.4. The van der Waals surface area contributed by atoms with E-state index in [2.05, 4.69) is 22.5 Å². The van der Waals surface area contributed by atoms with Gasteiger partial charge in [0.05, 0.1) is 0 Å². The van der Waals surface area contributed by atoms with Gasteiger partial charge in [-0.05, 0) is 31.6 Å². The average molecular weight is 338 g/mol. The lowest BCUT2D eigenvalue weighted by Gasteiger charge is -2.32. The van der Waals surface area contributed by atoms with Crippen LogP contribution < -0.4 is 10.6 Å². The Balaban J connectivity index is 1.95. The summed E-state index contributed by atoms with van der Waals surface area (Å²) in [5.74, 6) is 1.63. The second-order valence-corrected chi connectivity index (χ2v) is 7.27. The third-order valence-electron chi connectivity index (χ3n) is 5.13. The van der Waals surface area contributed by atoms with Gasteiger partial charge in [0.2, 0.25) is 5.91 Å². The van der Waals surface area contributed by atoms with Gasteiger partial charge in [0.25, 0.3) is 0 Å². The summed E-state index contributed by atoms with van der Waals surface area (Å²) in [6.45, 7) is 4.05. The molecule has 1 saturated carbocycles. The van der Waals surface area contributed by atoms with E-state index in [-0.39, 0.29) is 12.5 Å². The maximum atomic E-state index is 11.9. The highest BCUT2D eigenvalue weighted by Crippen LogP contribution is 2.26. The summed E-state index contributed by atoms with van der Waals surface area (Å²) in [5, 5.41) is 7.11. The summed E-state index contributed by atoms with van der Waals surface area (Å²) < 4.78 is 5.43. The van der Waals surface area contributed by atoms with Crippen LogP contribution in [0, 0.1) is 5.92 Å². The van der Waals surface area contributed by atoms with E-state index in [4.69, 9.17) is 4.74 Å². The molecule has 1 saturated heterocycles. The molecule has 6 nitrogen and oxygen atoms in total. The highest BCUT2D eigenvalue weighted by Gasteiger charge is 2.23. The van der Waals surface area contributed by atoms with Gasteiger partial charge >= 0.3 is 0 Å². The first-order valence-corrected chi connectivity index (χ1v) is 9.44. The maximum Gasteiger partial charge on any atom is 0.243 e. The minimum atomic E-state index is 0.0261. The molecule has 2 unspecified atom stereocenters. The first-order chi connectivity index (χ1) is 11.6. The molecule has 0 bridgehead atoms. The van der Waals surface area contributed by atoms with E-state index < -0.39 is 0 Å². The van der Waals surface area contributed by atoms with Crippen LogP contribution in [0.25, 0.3) is 0 Å². The number of ether oxygens (including phenoxy) is 1. The van der Waals surface area contributed by atoms with Gasteiger partial charge in [-0.25, -0.2) is 4.99 Å². The van der Waals surface area contributed by atoms with Crippen molar-refractivity contribution < 1.29 is 9.53 Å². The Bertz CT molecular complexity index is 419. The predicted octanol–water partition coefficient (Wildman–Crippen LogP) is 1.76. The van der Waals surface area contributed by atoms with Gasteiger partial charge in [0, 0.05) is 39.4 Å². The third kappa shape index (κ3) is 6.30. The van der Waals surface area contributed by atoms with Crippen molar-refractivity contribution in [3.8, 4) is 0 Å². The molecule has 138 valence electrons. The van der Waals surface area contributed by atoms with Crippen molar-refractivity contribution in [2.75, 3.05) is 33.9 Å². The van der Waals surface area contributed by atoms with Crippen molar-refractivity contribution in [1.29, 1.82) is 0 Å². The molecule has 2 fully saturated rings. The van der Waals surface area contributed by atoms with E-state index in [1.165, 1.54) is 32.1 Å².